The molecule has 0 radical (unpaired) electrons. The van der Waals surface area contributed by atoms with Crippen LogP contribution in [0.25, 0.3) is 0 Å². The fourth-order valence-electron chi connectivity index (χ4n) is 1.79. The van der Waals surface area contributed by atoms with E-state index in [4.69, 9.17) is 0 Å². The van der Waals surface area contributed by atoms with E-state index < -0.39 is 5.82 Å². The van der Waals surface area contributed by atoms with Gasteiger partial charge in [0.05, 0.1) is 11.8 Å². The molecule has 0 bridgehead atoms. The van der Waals surface area contributed by atoms with Crippen LogP contribution in [0, 0.1) is 12.7 Å². The first-order valence-electron chi connectivity index (χ1n) is 5.98. The SMILES string of the molecule is Cc1ccc(CN(C)C(=O)c2ccncc2F)cc1. The summed E-state index contributed by atoms with van der Waals surface area (Å²) >= 11 is 0. The number of carbonyl (C=O) groups excluding carboxylic acids is 1. The van der Waals surface area contributed by atoms with E-state index in [9.17, 15) is 9.18 Å². The highest BCUT2D eigenvalue weighted by atomic mass is 19.1. The number of hydrogen-bond acceptors (Lipinski definition) is 2. The zero-order valence-electron chi connectivity index (χ0n) is 10.9. The molecule has 0 unspecified atom stereocenters. The Balaban J connectivity index is 2.12. The number of hydrogen-bond donors (Lipinski definition) is 0. The predicted octanol–water partition coefficient (Wildman–Crippen LogP) is 2.80. The van der Waals surface area contributed by atoms with Crippen LogP contribution in [-0.4, -0.2) is 22.8 Å². The molecule has 1 aromatic carbocycles. The summed E-state index contributed by atoms with van der Waals surface area (Å²) in [5.41, 5.74) is 2.22. The number of aryl methyl sites for hydroxylation is 1. The Morgan fingerprint density at radius 3 is 2.58 bits per heavy atom. The van der Waals surface area contributed by atoms with Crippen LogP contribution >= 0.6 is 0 Å². The van der Waals surface area contributed by atoms with Crippen molar-refractivity contribution in [2.75, 3.05) is 7.05 Å². The second-order valence-corrected chi connectivity index (χ2v) is 4.50. The molecule has 0 aliphatic heterocycles. The average molecular weight is 258 g/mol. The predicted molar refractivity (Wildman–Crippen MR) is 71.2 cm³/mol. The molecule has 2 aromatic rings. The van der Waals surface area contributed by atoms with Gasteiger partial charge in [0, 0.05) is 19.8 Å². The second-order valence-electron chi connectivity index (χ2n) is 4.50. The van der Waals surface area contributed by atoms with Crippen LogP contribution in [0.15, 0.2) is 42.7 Å². The van der Waals surface area contributed by atoms with Gasteiger partial charge in [0.1, 0.15) is 0 Å². The van der Waals surface area contributed by atoms with E-state index in [1.54, 1.807) is 7.05 Å². The summed E-state index contributed by atoms with van der Waals surface area (Å²) < 4.78 is 13.5. The van der Waals surface area contributed by atoms with Gasteiger partial charge in [-0.3, -0.25) is 9.78 Å². The summed E-state index contributed by atoms with van der Waals surface area (Å²) in [6.45, 7) is 2.45. The molecular weight excluding hydrogens is 243 g/mol. The lowest BCUT2D eigenvalue weighted by Crippen LogP contribution is -2.27. The van der Waals surface area contributed by atoms with E-state index in [2.05, 4.69) is 4.98 Å². The summed E-state index contributed by atoms with van der Waals surface area (Å²) in [7, 11) is 1.65. The van der Waals surface area contributed by atoms with Crippen molar-refractivity contribution in [1.82, 2.24) is 9.88 Å². The molecule has 1 amide bonds. The van der Waals surface area contributed by atoms with Crippen molar-refractivity contribution in [3.05, 3.63) is 65.2 Å². The third-order valence-corrected chi connectivity index (χ3v) is 2.89. The molecule has 4 heteroatoms. The fourth-order valence-corrected chi connectivity index (χ4v) is 1.79. The Kier molecular flexibility index (Phi) is 3.90. The number of amides is 1. The molecule has 19 heavy (non-hydrogen) atoms. The van der Waals surface area contributed by atoms with Gasteiger partial charge in [-0.2, -0.15) is 0 Å². The Labute approximate surface area is 111 Å². The largest absolute Gasteiger partial charge is 0.337 e. The topological polar surface area (TPSA) is 33.2 Å². The third kappa shape index (κ3) is 3.16. The molecule has 3 nitrogen and oxygen atoms in total. The van der Waals surface area contributed by atoms with Crippen LogP contribution < -0.4 is 0 Å². The normalized spacial score (nSPS) is 10.3. The standard InChI is InChI=1S/C15H15FN2O/c1-11-3-5-12(6-4-11)10-18(2)15(19)13-7-8-17-9-14(13)16/h3-9H,10H2,1-2H3. The molecule has 98 valence electrons. The van der Waals surface area contributed by atoms with Crippen molar-refractivity contribution < 1.29 is 9.18 Å². The van der Waals surface area contributed by atoms with Gasteiger partial charge in [-0.15, -0.1) is 0 Å². The van der Waals surface area contributed by atoms with Crippen LogP contribution in [-0.2, 0) is 6.54 Å². The van der Waals surface area contributed by atoms with Crippen molar-refractivity contribution in [2.24, 2.45) is 0 Å². The van der Waals surface area contributed by atoms with Gasteiger partial charge in [0.15, 0.2) is 5.82 Å². The molecular formula is C15H15FN2O. The molecule has 0 saturated heterocycles. The molecule has 0 spiro atoms. The van der Waals surface area contributed by atoms with Crippen LogP contribution in [0.4, 0.5) is 4.39 Å². The van der Waals surface area contributed by atoms with Gasteiger partial charge < -0.3 is 4.90 Å². The summed E-state index contributed by atoms with van der Waals surface area (Å²) in [6.07, 6.45) is 2.46. The summed E-state index contributed by atoms with van der Waals surface area (Å²) in [5.74, 6) is -0.941. The van der Waals surface area contributed by atoms with Gasteiger partial charge in [-0.05, 0) is 18.6 Å². The van der Waals surface area contributed by atoms with Crippen LogP contribution in [0.3, 0.4) is 0 Å². The zero-order chi connectivity index (χ0) is 13.8. The quantitative estimate of drug-likeness (QED) is 0.848. The Bertz CT molecular complexity index is 581. The molecule has 0 atom stereocenters. The minimum absolute atomic E-state index is 0.0459. The summed E-state index contributed by atoms with van der Waals surface area (Å²) in [5, 5.41) is 0. The number of halogens is 1. The van der Waals surface area contributed by atoms with E-state index in [0.29, 0.717) is 6.54 Å². The van der Waals surface area contributed by atoms with Gasteiger partial charge in [-0.25, -0.2) is 4.39 Å². The monoisotopic (exact) mass is 258 g/mol. The number of rotatable bonds is 3. The Hall–Kier alpha value is -2.23. The van der Waals surface area contributed by atoms with Gasteiger partial charge in [-0.1, -0.05) is 29.8 Å². The van der Waals surface area contributed by atoms with Crippen molar-refractivity contribution in [3.8, 4) is 0 Å². The molecule has 1 heterocycles. The van der Waals surface area contributed by atoms with Gasteiger partial charge in [0.2, 0.25) is 0 Å². The summed E-state index contributed by atoms with van der Waals surface area (Å²) in [4.78, 5) is 17.2. The maximum Gasteiger partial charge on any atom is 0.256 e. The highest BCUT2D eigenvalue weighted by Crippen LogP contribution is 2.11. The first kappa shape index (κ1) is 13.2. The number of benzene rings is 1. The fraction of sp³-hybridized carbons (Fsp3) is 0.200. The Morgan fingerprint density at radius 2 is 1.95 bits per heavy atom. The maximum atomic E-state index is 13.5. The summed E-state index contributed by atoms with van der Waals surface area (Å²) in [6, 6.07) is 9.29. The minimum Gasteiger partial charge on any atom is -0.337 e. The van der Waals surface area contributed by atoms with Crippen LogP contribution in [0.1, 0.15) is 21.5 Å². The molecule has 0 fully saturated rings. The van der Waals surface area contributed by atoms with Crippen molar-refractivity contribution in [3.63, 3.8) is 0 Å². The second kappa shape index (κ2) is 5.61. The molecule has 2 rings (SSSR count). The van der Waals surface area contributed by atoms with E-state index in [1.165, 1.54) is 17.2 Å². The molecule has 0 aliphatic carbocycles. The third-order valence-electron chi connectivity index (χ3n) is 2.89. The molecule has 0 N–H and O–H groups in total. The van der Waals surface area contributed by atoms with Crippen LogP contribution in [0.5, 0.6) is 0 Å². The first-order chi connectivity index (χ1) is 9.08. The lowest BCUT2D eigenvalue weighted by Gasteiger charge is -2.17. The first-order valence-corrected chi connectivity index (χ1v) is 5.98. The lowest BCUT2D eigenvalue weighted by molar-refractivity contribution is 0.0780. The molecule has 0 saturated carbocycles. The minimum atomic E-state index is -0.594. The van der Waals surface area contributed by atoms with E-state index >= 15 is 0 Å². The van der Waals surface area contributed by atoms with E-state index in [-0.39, 0.29) is 11.5 Å². The highest BCUT2D eigenvalue weighted by molar-refractivity contribution is 5.94. The van der Waals surface area contributed by atoms with Crippen molar-refractivity contribution in [1.29, 1.82) is 0 Å². The lowest BCUT2D eigenvalue weighted by atomic mass is 10.1. The van der Waals surface area contributed by atoms with E-state index in [1.807, 2.05) is 31.2 Å². The molecule has 1 aromatic heterocycles. The average Bonchev–Trinajstić information content (AvgIpc) is 2.41. The number of carbonyl (C=O) groups is 1. The maximum absolute atomic E-state index is 13.5. The van der Waals surface area contributed by atoms with Gasteiger partial charge >= 0.3 is 0 Å². The van der Waals surface area contributed by atoms with Crippen LogP contribution in [0.2, 0.25) is 0 Å². The van der Waals surface area contributed by atoms with E-state index in [0.717, 1.165) is 17.3 Å². The zero-order valence-corrected chi connectivity index (χ0v) is 10.9. The Morgan fingerprint density at radius 1 is 1.26 bits per heavy atom. The molecule has 0 aliphatic rings. The highest BCUT2D eigenvalue weighted by Gasteiger charge is 2.15. The number of nitrogens with zero attached hydrogens (tertiary/aromatic N) is 2. The van der Waals surface area contributed by atoms with Crippen molar-refractivity contribution in [2.45, 2.75) is 13.5 Å². The van der Waals surface area contributed by atoms with Crippen molar-refractivity contribution >= 4 is 5.91 Å². The smallest absolute Gasteiger partial charge is 0.256 e. The number of aromatic nitrogens is 1. The number of pyridine rings is 1. The van der Waals surface area contributed by atoms with Gasteiger partial charge in [0.25, 0.3) is 5.91 Å².